The molecule has 0 bridgehead atoms. The molecular weight excluding hydrogens is 342 g/mol. The second-order valence-electron chi connectivity index (χ2n) is 5.82. The Morgan fingerprint density at radius 3 is 2.83 bits per heavy atom. The quantitative estimate of drug-likeness (QED) is 0.714. The van der Waals surface area contributed by atoms with E-state index in [2.05, 4.69) is 20.2 Å². The van der Waals surface area contributed by atoms with Gasteiger partial charge in [-0.15, -0.1) is 11.3 Å². The number of amides is 1. The van der Waals surface area contributed by atoms with E-state index in [9.17, 15) is 4.79 Å². The van der Waals surface area contributed by atoms with E-state index >= 15 is 0 Å². The highest BCUT2D eigenvalue weighted by atomic mass is 32.1. The maximum atomic E-state index is 13.2. The van der Waals surface area contributed by atoms with Crippen molar-refractivity contribution in [2.24, 2.45) is 0 Å². The van der Waals surface area contributed by atoms with Crippen LogP contribution in [0.1, 0.15) is 28.1 Å². The Balaban J connectivity index is 1.63. The molecule has 1 amide bonds. The smallest absolute Gasteiger partial charge is 0.254 e. The molecule has 24 heavy (non-hydrogen) atoms. The van der Waals surface area contributed by atoms with Gasteiger partial charge in [0.15, 0.2) is 0 Å². The minimum absolute atomic E-state index is 0.0604. The number of rotatable bonds is 4. The Morgan fingerprint density at radius 2 is 2.04 bits per heavy atom. The van der Waals surface area contributed by atoms with Gasteiger partial charge in [-0.3, -0.25) is 4.79 Å². The zero-order chi connectivity index (χ0) is 16.4. The van der Waals surface area contributed by atoms with E-state index in [0.29, 0.717) is 25.3 Å². The van der Waals surface area contributed by atoms with Crippen LogP contribution in [-0.4, -0.2) is 38.8 Å². The van der Waals surface area contributed by atoms with Crippen LogP contribution >= 0.6 is 23.1 Å². The molecule has 1 aromatic carbocycles. The van der Waals surface area contributed by atoms with E-state index < -0.39 is 0 Å². The van der Waals surface area contributed by atoms with Gasteiger partial charge in [0.05, 0.1) is 18.3 Å². The summed E-state index contributed by atoms with van der Waals surface area (Å²) >= 11 is 2.86. The Morgan fingerprint density at radius 1 is 1.21 bits per heavy atom. The van der Waals surface area contributed by atoms with Gasteiger partial charge in [0.25, 0.3) is 5.91 Å². The van der Waals surface area contributed by atoms with Gasteiger partial charge in [-0.25, -0.2) is 0 Å². The van der Waals surface area contributed by atoms with Crippen molar-refractivity contribution in [3.63, 3.8) is 0 Å². The third kappa shape index (κ3) is 3.19. The first-order valence-corrected chi connectivity index (χ1v) is 9.56. The van der Waals surface area contributed by atoms with Crippen molar-refractivity contribution in [1.82, 2.24) is 13.6 Å². The number of carbonyl (C=O) groups excluding carboxylic acids is 1. The number of aromatic nitrogens is 2. The number of hydrogen-bond acceptors (Lipinski definition) is 6. The molecule has 0 aliphatic carbocycles. The lowest BCUT2D eigenvalue weighted by Crippen LogP contribution is -2.42. The van der Waals surface area contributed by atoms with Gasteiger partial charge in [0.1, 0.15) is 11.0 Å². The average molecular weight is 359 g/mol. The van der Waals surface area contributed by atoms with Crippen LogP contribution < -0.4 is 0 Å². The summed E-state index contributed by atoms with van der Waals surface area (Å²) < 4.78 is 13.9. The standard InChI is InChI=1S/C17H17N3O2S2/c21-17(12-3-4-15-16(10-12)19-24-18-15)20(11-14-2-1-9-23-14)13-5-7-22-8-6-13/h1-4,9-10,13H,5-8,11H2. The topological polar surface area (TPSA) is 55.3 Å². The summed E-state index contributed by atoms with van der Waals surface area (Å²) in [5.41, 5.74) is 2.31. The van der Waals surface area contributed by atoms with Gasteiger partial charge < -0.3 is 9.64 Å². The SMILES string of the molecule is O=C(c1ccc2nsnc2c1)N(Cc1cccs1)C1CCOCC1. The van der Waals surface area contributed by atoms with Crippen molar-refractivity contribution >= 4 is 40.0 Å². The third-order valence-corrected chi connectivity index (χ3v) is 5.72. The minimum Gasteiger partial charge on any atom is -0.381 e. The number of nitrogens with zero attached hydrogens (tertiary/aromatic N) is 3. The summed E-state index contributed by atoms with van der Waals surface area (Å²) in [5.74, 6) is 0.0604. The van der Waals surface area contributed by atoms with Gasteiger partial charge >= 0.3 is 0 Å². The first kappa shape index (κ1) is 15.7. The predicted octanol–water partition coefficient (Wildman–Crippen LogP) is 3.57. The zero-order valence-electron chi connectivity index (χ0n) is 13.1. The highest BCUT2D eigenvalue weighted by Gasteiger charge is 2.27. The third-order valence-electron chi connectivity index (χ3n) is 4.30. The van der Waals surface area contributed by atoms with Gasteiger partial charge in [-0.2, -0.15) is 8.75 Å². The molecule has 3 aromatic rings. The lowest BCUT2D eigenvalue weighted by Gasteiger charge is -2.34. The summed E-state index contributed by atoms with van der Waals surface area (Å²) in [6.45, 7) is 2.08. The van der Waals surface area contributed by atoms with Crippen LogP contribution in [0.4, 0.5) is 0 Å². The molecule has 1 aliphatic heterocycles. The number of ether oxygens (including phenoxy) is 1. The Hall–Kier alpha value is -1.83. The Bertz CT molecular complexity index is 825. The van der Waals surface area contributed by atoms with Crippen LogP contribution in [0.2, 0.25) is 0 Å². The van der Waals surface area contributed by atoms with Crippen molar-refractivity contribution < 1.29 is 9.53 Å². The van der Waals surface area contributed by atoms with Crippen molar-refractivity contribution in [1.29, 1.82) is 0 Å². The van der Waals surface area contributed by atoms with Crippen molar-refractivity contribution in [3.8, 4) is 0 Å². The molecule has 0 N–H and O–H groups in total. The highest BCUT2D eigenvalue weighted by molar-refractivity contribution is 7.09. The van der Waals surface area contributed by atoms with E-state index in [-0.39, 0.29) is 11.9 Å². The molecule has 124 valence electrons. The molecule has 7 heteroatoms. The fourth-order valence-electron chi connectivity index (χ4n) is 3.01. The lowest BCUT2D eigenvalue weighted by atomic mass is 10.0. The fourth-order valence-corrected chi connectivity index (χ4v) is 4.24. The number of thiophene rings is 1. The molecule has 1 aliphatic rings. The van der Waals surface area contributed by atoms with Crippen molar-refractivity contribution in [2.75, 3.05) is 13.2 Å². The minimum atomic E-state index is 0.0604. The number of fused-ring (bicyclic) bond motifs is 1. The molecule has 4 rings (SSSR count). The van der Waals surface area contributed by atoms with Gasteiger partial charge in [0, 0.05) is 29.7 Å². The predicted molar refractivity (Wildman–Crippen MR) is 95.4 cm³/mol. The highest BCUT2D eigenvalue weighted by Crippen LogP contribution is 2.23. The molecule has 3 heterocycles. The molecular formula is C17H17N3O2S2. The number of carbonyl (C=O) groups is 1. The summed E-state index contributed by atoms with van der Waals surface area (Å²) in [4.78, 5) is 16.4. The first-order chi connectivity index (χ1) is 11.8. The summed E-state index contributed by atoms with van der Waals surface area (Å²) in [7, 11) is 0. The van der Waals surface area contributed by atoms with E-state index in [0.717, 1.165) is 23.9 Å². The fraction of sp³-hybridized carbons (Fsp3) is 0.353. The van der Waals surface area contributed by atoms with Gasteiger partial charge in [0.2, 0.25) is 0 Å². The van der Waals surface area contributed by atoms with Crippen LogP contribution in [0.5, 0.6) is 0 Å². The zero-order valence-corrected chi connectivity index (χ0v) is 14.7. The van der Waals surface area contributed by atoms with E-state index in [1.807, 2.05) is 29.2 Å². The summed E-state index contributed by atoms with van der Waals surface area (Å²) in [6.07, 6.45) is 1.77. The molecule has 0 radical (unpaired) electrons. The molecule has 1 saturated heterocycles. The van der Waals surface area contributed by atoms with Crippen LogP contribution in [0.3, 0.4) is 0 Å². The van der Waals surface area contributed by atoms with Crippen LogP contribution in [0, 0.1) is 0 Å². The van der Waals surface area contributed by atoms with E-state index in [4.69, 9.17) is 4.74 Å². The van der Waals surface area contributed by atoms with Crippen LogP contribution in [0.25, 0.3) is 11.0 Å². The molecule has 1 fully saturated rings. The largest absolute Gasteiger partial charge is 0.381 e. The van der Waals surface area contributed by atoms with Gasteiger partial charge in [-0.05, 0) is 42.5 Å². The normalized spacial score (nSPS) is 15.7. The molecule has 0 saturated carbocycles. The maximum absolute atomic E-state index is 13.2. The van der Waals surface area contributed by atoms with Crippen LogP contribution in [-0.2, 0) is 11.3 Å². The molecule has 5 nitrogen and oxygen atoms in total. The summed E-state index contributed by atoms with van der Waals surface area (Å²) in [6, 6.07) is 9.91. The maximum Gasteiger partial charge on any atom is 0.254 e. The Kier molecular flexibility index (Phi) is 4.55. The molecule has 0 atom stereocenters. The molecule has 0 spiro atoms. The number of benzene rings is 1. The van der Waals surface area contributed by atoms with Crippen LogP contribution in [0.15, 0.2) is 35.7 Å². The average Bonchev–Trinajstić information content (AvgIpc) is 3.30. The monoisotopic (exact) mass is 359 g/mol. The van der Waals surface area contributed by atoms with E-state index in [1.54, 1.807) is 11.3 Å². The second kappa shape index (κ2) is 6.96. The Labute approximate surface area is 148 Å². The van der Waals surface area contributed by atoms with Crippen molar-refractivity contribution in [2.45, 2.75) is 25.4 Å². The summed E-state index contributed by atoms with van der Waals surface area (Å²) in [5, 5.41) is 2.05. The van der Waals surface area contributed by atoms with Gasteiger partial charge in [-0.1, -0.05) is 6.07 Å². The number of hydrogen-bond donors (Lipinski definition) is 0. The molecule has 2 aromatic heterocycles. The van der Waals surface area contributed by atoms with E-state index in [1.165, 1.54) is 16.6 Å². The lowest BCUT2D eigenvalue weighted by molar-refractivity contribution is 0.0270. The first-order valence-electron chi connectivity index (χ1n) is 7.95. The molecule has 0 unspecified atom stereocenters. The second-order valence-corrected chi connectivity index (χ2v) is 7.38. The van der Waals surface area contributed by atoms with Crippen molar-refractivity contribution in [3.05, 3.63) is 46.2 Å².